The first-order chi connectivity index (χ1) is 7.74. The third kappa shape index (κ3) is 3.50. The molecular weight excluding hydrogens is 218 g/mol. The van der Waals surface area contributed by atoms with Crippen molar-refractivity contribution in [3.63, 3.8) is 0 Å². The third-order valence-electron chi connectivity index (χ3n) is 3.37. The Bertz CT molecular complexity index is 320. The molecule has 1 heterocycles. The topological polar surface area (TPSA) is 3.24 Å². The first-order valence-corrected chi connectivity index (χ1v) is 6.58. The summed E-state index contributed by atoms with van der Waals surface area (Å²) in [7, 11) is 0. The van der Waals surface area contributed by atoms with Gasteiger partial charge in [-0.15, -0.1) is 0 Å². The molecule has 88 valence electrons. The van der Waals surface area contributed by atoms with Crippen LogP contribution in [-0.2, 0) is 6.42 Å². The van der Waals surface area contributed by atoms with Gasteiger partial charge in [-0.3, -0.25) is 0 Å². The molecule has 2 rings (SSSR count). The number of halogens is 1. The van der Waals surface area contributed by atoms with Gasteiger partial charge in [0.05, 0.1) is 0 Å². The Morgan fingerprint density at radius 1 is 1.31 bits per heavy atom. The molecule has 0 saturated carbocycles. The molecular formula is C14H20ClN. The van der Waals surface area contributed by atoms with Crippen molar-refractivity contribution in [2.75, 3.05) is 19.6 Å². The lowest BCUT2D eigenvalue weighted by molar-refractivity contribution is 0.186. The maximum atomic E-state index is 5.87. The fraction of sp³-hybridized carbons (Fsp3) is 0.571. The van der Waals surface area contributed by atoms with E-state index < -0.39 is 0 Å². The molecule has 0 N–H and O–H groups in total. The van der Waals surface area contributed by atoms with Crippen LogP contribution < -0.4 is 0 Å². The highest BCUT2D eigenvalue weighted by Gasteiger charge is 2.15. The molecule has 1 aromatic carbocycles. The van der Waals surface area contributed by atoms with Gasteiger partial charge >= 0.3 is 0 Å². The molecule has 1 nitrogen and oxygen atoms in total. The zero-order valence-electron chi connectivity index (χ0n) is 9.95. The van der Waals surface area contributed by atoms with Crippen molar-refractivity contribution in [2.24, 2.45) is 5.92 Å². The molecule has 0 aliphatic carbocycles. The van der Waals surface area contributed by atoms with E-state index in [1.807, 2.05) is 12.1 Å². The zero-order valence-corrected chi connectivity index (χ0v) is 10.7. The van der Waals surface area contributed by atoms with Crippen LogP contribution in [0.4, 0.5) is 0 Å². The van der Waals surface area contributed by atoms with E-state index in [9.17, 15) is 0 Å². The van der Waals surface area contributed by atoms with Crippen molar-refractivity contribution in [3.8, 4) is 0 Å². The normalized spacial score (nSPS) is 22.2. The molecule has 1 aliphatic rings. The Kier molecular flexibility index (Phi) is 4.25. The van der Waals surface area contributed by atoms with Gasteiger partial charge in [0.1, 0.15) is 0 Å². The van der Waals surface area contributed by atoms with Crippen LogP contribution in [-0.4, -0.2) is 24.5 Å². The summed E-state index contributed by atoms with van der Waals surface area (Å²) in [4.78, 5) is 2.59. The second-order valence-electron chi connectivity index (χ2n) is 4.92. The van der Waals surface area contributed by atoms with E-state index in [2.05, 4.69) is 24.0 Å². The number of rotatable bonds is 3. The van der Waals surface area contributed by atoms with Crippen LogP contribution in [0.15, 0.2) is 24.3 Å². The smallest absolute Gasteiger partial charge is 0.0406 e. The van der Waals surface area contributed by atoms with E-state index in [0.29, 0.717) is 0 Å². The molecule has 2 heteroatoms. The molecule has 1 saturated heterocycles. The van der Waals surface area contributed by atoms with Crippen LogP contribution in [0.2, 0.25) is 5.02 Å². The summed E-state index contributed by atoms with van der Waals surface area (Å²) >= 11 is 5.87. The minimum Gasteiger partial charge on any atom is -0.303 e. The average Bonchev–Trinajstić information content (AvgIpc) is 2.28. The Hall–Kier alpha value is -0.530. The fourth-order valence-electron chi connectivity index (χ4n) is 2.43. The summed E-state index contributed by atoms with van der Waals surface area (Å²) in [6, 6.07) is 8.23. The van der Waals surface area contributed by atoms with Crippen LogP contribution in [0, 0.1) is 5.92 Å². The molecule has 16 heavy (non-hydrogen) atoms. The number of benzene rings is 1. The van der Waals surface area contributed by atoms with E-state index in [1.165, 1.54) is 38.0 Å². The van der Waals surface area contributed by atoms with Gasteiger partial charge in [0.2, 0.25) is 0 Å². The predicted molar refractivity (Wildman–Crippen MR) is 70.0 cm³/mol. The predicted octanol–water partition coefficient (Wildman–Crippen LogP) is 3.61. The second-order valence-corrected chi connectivity index (χ2v) is 5.36. The molecule has 1 aromatic rings. The van der Waals surface area contributed by atoms with Gasteiger partial charge in [0.25, 0.3) is 0 Å². The summed E-state index contributed by atoms with van der Waals surface area (Å²) in [6.07, 6.45) is 3.91. The van der Waals surface area contributed by atoms with Crippen LogP contribution in [0.25, 0.3) is 0 Å². The van der Waals surface area contributed by atoms with Gasteiger partial charge in [0, 0.05) is 18.1 Å². The average molecular weight is 238 g/mol. The first kappa shape index (κ1) is 11.9. The van der Waals surface area contributed by atoms with E-state index in [0.717, 1.165) is 17.4 Å². The van der Waals surface area contributed by atoms with Crippen LogP contribution >= 0.6 is 11.6 Å². The Balaban J connectivity index is 1.80. The lowest BCUT2D eigenvalue weighted by atomic mass is 10.00. The Morgan fingerprint density at radius 3 is 2.75 bits per heavy atom. The van der Waals surface area contributed by atoms with Crippen molar-refractivity contribution in [2.45, 2.75) is 26.2 Å². The number of likely N-dealkylation sites (tertiary alicyclic amines) is 1. The monoisotopic (exact) mass is 237 g/mol. The maximum absolute atomic E-state index is 5.87. The Labute approximate surface area is 103 Å². The van der Waals surface area contributed by atoms with E-state index in [4.69, 9.17) is 11.6 Å². The van der Waals surface area contributed by atoms with Gasteiger partial charge < -0.3 is 4.90 Å². The lowest BCUT2D eigenvalue weighted by Gasteiger charge is -2.30. The minimum atomic E-state index is 0.829. The van der Waals surface area contributed by atoms with Crippen molar-refractivity contribution >= 4 is 11.6 Å². The summed E-state index contributed by atoms with van der Waals surface area (Å²) in [5.74, 6) is 0.874. The van der Waals surface area contributed by atoms with Gasteiger partial charge in [-0.2, -0.15) is 0 Å². The standard InChI is InChI=1S/C14H20ClN/c1-12-3-2-9-16(11-12)10-8-13-4-6-14(15)7-5-13/h4-7,12H,2-3,8-11H2,1H3/t12-/m1/s1. The minimum absolute atomic E-state index is 0.829. The molecule has 1 aliphatic heterocycles. The fourth-order valence-corrected chi connectivity index (χ4v) is 2.55. The van der Waals surface area contributed by atoms with Gasteiger partial charge in [0.15, 0.2) is 0 Å². The molecule has 0 aromatic heterocycles. The number of hydrogen-bond donors (Lipinski definition) is 0. The number of hydrogen-bond acceptors (Lipinski definition) is 1. The third-order valence-corrected chi connectivity index (χ3v) is 3.62. The molecule has 0 bridgehead atoms. The highest BCUT2D eigenvalue weighted by atomic mass is 35.5. The van der Waals surface area contributed by atoms with E-state index in [1.54, 1.807) is 0 Å². The second kappa shape index (κ2) is 5.70. The van der Waals surface area contributed by atoms with Crippen molar-refractivity contribution < 1.29 is 0 Å². The lowest BCUT2D eigenvalue weighted by Crippen LogP contribution is -2.35. The van der Waals surface area contributed by atoms with Gasteiger partial charge in [-0.05, 0) is 49.4 Å². The SMILES string of the molecule is C[C@@H]1CCCN(CCc2ccc(Cl)cc2)C1. The van der Waals surface area contributed by atoms with Crippen molar-refractivity contribution in [3.05, 3.63) is 34.9 Å². The summed E-state index contributed by atoms with van der Waals surface area (Å²) < 4.78 is 0. The maximum Gasteiger partial charge on any atom is 0.0406 e. The van der Waals surface area contributed by atoms with Crippen LogP contribution in [0.3, 0.4) is 0 Å². The summed E-state index contributed by atoms with van der Waals surface area (Å²) in [5, 5.41) is 0.829. The largest absolute Gasteiger partial charge is 0.303 e. The van der Waals surface area contributed by atoms with Gasteiger partial charge in [-0.25, -0.2) is 0 Å². The van der Waals surface area contributed by atoms with Crippen LogP contribution in [0.1, 0.15) is 25.3 Å². The van der Waals surface area contributed by atoms with Crippen molar-refractivity contribution in [1.82, 2.24) is 4.90 Å². The van der Waals surface area contributed by atoms with E-state index >= 15 is 0 Å². The molecule has 1 fully saturated rings. The summed E-state index contributed by atoms with van der Waals surface area (Å²) in [6.45, 7) is 6.09. The molecule has 1 atom stereocenters. The number of nitrogens with zero attached hydrogens (tertiary/aromatic N) is 1. The van der Waals surface area contributed by atoms with E-state index in [-0.39, 0.29) is 0 Å². The molecule has 0 radical (unpaired) electrons. The van der Waals surface area contributed by atoms with Crippen LogP contribution in [0.5, 0.6) is 0 Å². The first-order valence-electron chi connectivity index (χ1n) is 6.21. The summed E-state index contributed by atoms with van der Waals surface area (Å²) in [5.41, 5.74) is 1.39. The highest BCUT2D eigenvalue weighted by molar-refractivity contribution is 6.30. The Morgan fingerprint density at radius 2 is 2.06 bits per heavy atom. The highest BCUT2D eigenvalue weighted by Crippen LogP contribution is 2.16. The molecule has 0 spiro atoms. The molecule has 0 unspecified atom stereocenters. The zero-order chi connectivity index (χ0) is 11.4. The van der Waals surface area contributed by atoms with Crippen molar-refractivity contribution in [1.29, 1.82) is 0 Å². The molecule has 0 amide bonds. The van der Waals surface area contributed by atoms with Gasteiger partial charge in [-0.1, -0.05) is 30.7 Å². The quantitative estimate of drug-likeness (QED) is 0.776. The number of piperidine rings is 1.